The molecule has 8 nitrogen and oxygen atoms in total. The minimum Gasteiger partial charge on any atom is -0.454 e. The molecule has 1 N–H and O–H groups in total. The first-order valence-corrected chi connectivity index (χ1v) is 14.3. The summed E-state index contributed by atoms with van der Waals surface area (Å²) >= 11 is 0. The molecule has 0 spiro atoms. The fourth-order valence-electron chi connectivity index (χ4n) is 5.00. The van der Waals surface area contributed by atoms with Gasteiger partial charge >= 0.3 is 0 Å². The van der Waals surface area contributed by atoms with Crippen LogP contribution in [0.15, 0.2) is 65.6 Å². The Morgan fingerprint density at radius 3 is 2.50 bits per heavy atom. The topological polar surface area (TPSA) is 106 Å². The zero-order valence-corrected chi connectivity index (χ0v) is 22.4. The van der Waals surface area contributed by atoms with E-state index in [1.54, 1.807) is 24.3 Å². The molecular weight excluding hydrogens is 504 g/mol. The molecule has 1 fully saturated rings. The summed E-state index contributed by atoms with van der Waals surface area (Å²) in [4.78, 5) is 18.3. The van der Waals surface area contributed by atoms with Crippen LogP contribution in [0.1, 0.15) is 43.9 Å². The number of nitrogens with zero attached hydrogens (tertiary/aromatic N) is 2. The molecule has 0 radical (unpaired) electrons. The van der Waals surface area contributed by atoms with Gasteiger partial charge in [0.1, 0.15) is 5.78 Å². The van der Waals surface area contributed by atoms with Crippen molar-refractivity contribution in [3.05, 3.63) is 71.9 Å². The van der Waals surface area contributed by atoms with Crippen molar-refractivity contribution in [3.63, 3.8) is 0 Å². The Kier molecular flexibility index (Phi) is 7.26. The predicted molar refractivity (Wildman–Crippen MR) is 143 cm³/mol. The molecule has 1 saturated carbocycles. The van der Waals surface area contributed by atoms with Crippen LogP contribution < -0.4 is 9.47 Å². The number of Topliss-reactive ketones (excluding diaryl/α,β-unsaturated/α-hetero) is 1. The van der Waals surface area contributed by atoms with Gasteiger partial charge in [-0.1, -0.05) is 37.6 Å². The highest BCUT2D eigenvalue weighted by Gasteiger charge is 2.51. The summed E-state index contributed by atoms with van der Waals surface area (Å²) in [6, 6.07) is 17.3. The van der Waals surface area contributed by atoms with E-state index in [2.05, 4.69) is 0 Å². The number of hydrogen-bond acceptors (Lipinski definition) is 7. The standard InChI is InChI=1S/C29H32N2O6S/c1-3-5-23(18-32)31(2)38(34,35)24-11-8-20(9-12-24)25-7-4-6-22(30-25)17-28(33)29(14-15-29)21-10-13-26-27(16-21)37-19-36-26/h4,6-13,16,23,32H,3,5,14-15,17-19H2,1-2H3/t23-/m1/s1. The van der Waals surface area contributed by atoms with Crippen LogP contribution in [0.25, 0.3) is 11.3 Å². The van der Waals surface area contributed by atoms with Crippen LogP contribution in [0.4, 0.5) is 0 Å². The highest BCUT2D eigenvalue weighted by molar-refractivity contribution is 7.89. The number of benzene rings is 2. The van der Waals surface area contributed by atoms with Crippen molar-refractivity contribution in [2.45, 2.75) is 55.4 Å². The maximum absolute atomic E-state index is 13.4. The molecule has 0 amide bonds. The first kappa shape index (κ1) is 26.3. The second-order valence-electron chi connectivity index (χ2n) is 9.93. The SMILES string of the molecule is CCC[C@H](CO)N(C)S(=O)(=O)c1ccc(-c2cccc(CC(=O)C3(c4ccc5c(c4)OCO5)CC3)n2)cc1. The van der Waals surface area contributed by atoms with Gasteiger partial charge in [-0.25, -0.2) is 8.42 Å². The molecule has 2 aromatic carbocycles. The number of likely N-dealkylation sites (N-methyl/N-ethyl adjacent to an activating group) is 1. The molecule has 38 heavy (non-hydrogen) atoms. The van der Waals surface area contributed by atoms with Crippen molar-refractivity contribution in [3.8, 4) is 22.8 Å². The first-order valence-electron chi connectivity index (χ1n) is 12.9. The lowest BCUT2D eigenvalue weighted by atomic mass is 9.88. The second kappa shape index (κ2) is 10.5. The van der Waals surface area contributed by atoms with Crippen molar-refractivity contribution >= 4 is 15.8 Å². The Morgan fingerprint density at radius 2 is 1.82 bits per heavy atom. The highest BCUT2D eigenvalue weighted by Crippen LogP contribution is 2.51. The molecule has 3 aromatic rings. The van der Waals surface area contributed by atoms with Gasteiger partial charge in [-0.2, -0.15) is 4.31 Å². The number of aliphatic hydroxyl groups is 1. The summed E-state index contributed by atoms with van der Waals surface area (Å²) in [5.74, 6) is 1.50. The quantitative estimate of drug-likeness (QED) is 0.393. The molecule has 5 rings (SSSR count). The van der Waals surface area contributed by atoms with Crippen LogP contribution in [0, 0.1) is 0 Å². The van der Waals surface area contributed by atoms with Gasteiger partial charge in [0.05, 0.1) is 22.6 Å². The average Bonchev–Trinajstić information content (AvgIpc) is 3.62. The van der Waals surface area contributed by atoms with E-state index in [0.29, 0.717) is 29.3 Å². The number of carbonyl (C=O) groups is 1. The number of fused-ring (bicyclic) bond motifs is 1. The highest BCUT2D eigenvalue weighted by atomic mass is 32.2. The number of carbonyl (C=O) groups excluding carboxylic acids is 1. The maximum Gasteiger partial charge on any atom is 0.243 e. The van der Waals surface area contributed by atoms with E-state index in [1.165, 1.54) is 11.4 Å². The smallest absolute Gasteiger partial charge is 0.243 e. The largest absolute Gasteiger partial charge is 0.454 e. The van der Waals surface area contributed by atoms with E-state index < -0.39 is 21.5 Å². The number of hydrogen-bond donors (Lipinski definition) is 1. The van der Waals surface area contributed by atoms with Crippen LogP contribution in [0.5, 0.6) is 11.5 Å². The Labute approximate surface area is 223 Å². The lowest BCUT2D eigenvalue weighted by Crippen LogP contribution is -2.39. The summed E-state index contributed by atoms with van der Waals surface area (Å²) in [5, 5.41) is 9.63. The second-order valence-corrected chi connectivity index (χ2v) is 11.9. The third-order valence-electron chi connectivity index (χ3n) is 7.53. The van der Waals surface area contributed by atoms with Crippen LogP contribution in [-0.4, -0.2) is 55.1 Å². The van der Waals surface area contributed by atoms with Crippen molar-refractivity contribution in [1.29, 1.82) is 0 Å². The molecule has 1 aliphatic carbocycles. The van der Waals surface area contributed by atoms with Gasteiger partial charge in [-0.05, 0) is 61.2 Å². The summed E-state index contributed by atoms with van der Waals surface area (Å²) in [7, 11) is -2.25. The molecule has 9 heteroatoms. The van der Waals surface area contributed by atoms with E-state index in [4.69, 9.17) is 14.5 Å². The van der Waals surface area contributed by atoms with Crippen LogP contribution in [0.3, 0.4) is 0 Å². The lowest BCUT2D eigenvalue weighted by molar-refractivity contribution is -0.120. The molecule has 1 aliphatic heterocycles. The fraction of sp³-hybridized carbons (Fsp3) is 0.379. The Bertz CT molecular complexity index is 1430. The lowest BCUT2D eigenvalue weighted by Gasteiger charge is -2.25. The zero-order valence-electron chi connectivity index (χ0n) is 21.6. The minimum absolute atomic E-state index is 0.121. The predicted octanol–water partition coefficient (Wildman–Crippen LogP) is 4.10. The Balaban J connectivity index is 1.31. The zero-order chi connectivity index (χ0) is 26.9. The molecule has 2 heterocycles. The van der Waals surface area contributed by atoms with E-state index in [9.17, 15) is 18.3 Å². The van der Waals surface area contributed by atoms with E-state index in [0.717, 1.165) is 30.4 Å². The number of sulfonamides is 1. The normalized spacial score (nSPS) is 16.4. The summed E-state index contributed by atoms with van der Waals surface area (Å²) in [6.07, 6.45) is 3.15. The molecule has 0 bridgehead atoms. The van der Waals surface area contributed by atoms with E-state index >= 15 is 0 Å². The summed E-state index contributed by atoms with van der Waals surface area (Å²) in [6.45, 7) is 1.92. The monoisotopic (exact) mass is 536 g/mol. The molecule has 0 unspecified atom stereocenters. The van der Waals surface area contributed by atoms with Crippen molar-refractivity contribution in [2.75, 3.05) is 20.4 Å². The third kappa shape index (κ3) is 4.93. The van der Waals surface area contributed by atoms with Gasteiger partial charge in [0.25, 0.3) is 0 Å². The number of rotatable bonds is 11. The summed E-state index contributed by atoms with van der Waals surface area (Å²) in [5.41, 5.74) is 2.53. The van der Waals surface area contributed by atoms with Gasteiger partial charge in [-0.15, -0.1) is 0 Å². The number of aliphatic hydroxyl groups excluding tert-OH is 1. The van der Waals surface area contributed by atoms with Gasteiger partial charge < -0.3 is 14.6 Å². The van der Waals surface area contributed by atoms with Crippen molar-refractivity contribution in [2.24, 2.45) is 0 Å². The number of ketones is 1. The van der Waals surface area contributed by atoms with E-state index in [-0.39, 0.29) is 30.5 Å². The minimum atomic E-state index is -3.74. The Morgan fingerprint density at radius 1 is 1.08 bits per heavy atom. The van der Waals surface area contributed by atoms with Crippen LogP contribution in [-0.2, 0) is 26.7 Å². The number of ether oxygens (including phenoxy) is 2. The summed E-state index contributed by atoms with van der Waals surface area (Å²) < 4.78 is 38.2. The maximum atomic E-state index is 13.4. The van der Waals surface area contributed by atoms with Crippen LogP contribution >= 0.6 is 0 Å². The molecule has 200 valence electrons. The third-order valence-corrected chi connectivity index (χ3v) is 9.46. The fourth-order valence-corrected chi connectivity index (χ4v) is 6.38. The number of pyridine rings is 1. The van der Waals surface area contributed by atoms with Gasteiger partial charge in [0, 0.05) is 30.8 Å². The molecule has 1 aromatic heterocycles. The van der Waals surface area contributed by atoms with Gasteiger partial charge in [-0.3, -0.25) is 9.78 Å². The van der Waals surface area contributed by atoms with Crippen molar-refractivity contribution < 1.29 is 27.8 Å². The molecule has 2 aliphatic rings. The van der Waals surface area contributed by atoms with Crippen LogP contribution in [0.2, 0.25) is 0 Å². The molecule has 0 saturated heterocycles. The first-order chi connectivity index (χ1) is 18.3. The molecular formula is C29H32N2O6S. The average molecular weight is 537 g/mol. The molecule has 1 atom stereocenters. The number of aromatic nitrogens is 1. The van der Waals surface area contributed by atoms with Crippen molar-refractivity contribution in [1.82, 2.24) is 9.29 Å². The van der Waals surface area contributed by atoms with E-state index in [1.807, 2.05) is 43.3 Å². The Hall–Kier alpha value is -3.27. The van der Waals surface area contributed by atoms with Gasteiger partial charge in [0.2, 0.25) is 16.8 Å². The van der Waals surface area contributed by atoms with Gasteiger partial charge in [0.15, 0.2) is 11.5 Å².